The summed E-state index contributed by atoms with van der Waals surface area (Å²) in [5, 5.41) is 15.9. The van der Waals surface area contributed by atoms with Crippen molar-refractivity contribution >= 4 is 23.3 Å². The van der Waals surface area contributed by atoms with E-state index in [9.17, 15) is 4.79 Å². The Morgan fingerprint density at radius 3 is 2.83 bits per heavy atom. The van der Waals surface area contributed by atoms with Crippen LogP contribution in [0.5, 0.6) is 0 Å². The molecule has 18 heavy (non-hydrogen) atoms. The number of rotatable bonds is 3. The lowest BCUT2D eigenvalue weighted by Crippen LogP contribution is -2.36. The van der Waals surface area contributed by atoms with Crippen molar-refractivity contribution in [1.29, 1.82) is 5.26 Å². The van der Waals surface area contributed by atoms with Gasteiger partial charge in [0.15, 0.2) is 0 Å². The molecule has 1 heterocycles. The van der Waals surface area contributed by atoms with Crippen molar-refractivity contribution in [1.82, 2.24) is 5.32 Å². The maximum atomic E-state index is 12.0. The van der Waals surface area contributed by atoms with Gasteiger partial charge in [-0.05, 0) is 41.3 Å². The van der Waals surface area contributed by atoms with E-state index in [1.165, 1.54) is 19.3 Å². The molecule has 1 aromatic heterocycles. The molecule has 3 nitrogen and oxygen atoms in total. The Hall–Kier alpha value is -1.60. The Morgan fingerprint density at radius 2 is 2.22 bits per heavy atom. The van der Waals surface area contributed by atoms with Gasteiger partial charge in [-0.1, -0.05) is 19.3 Å². The fourth-order valence-electron chi connectivity index (χ4n) is 2.18. The Balaban J connectivity index is 2.00. The molecular formula is C14H16N2OS. The van der Waals surface area contributed by atoms with Gasteiger partial charge < -0.3 is 5.32 Å². The topological polar surface area (TPSA) is 52.9 Å². The molecule has 0 spiro atoms. The zero-order valence-corrected chi connectivity index (χ0v) is 11.0. The number of carbonyl (C=O) groups excluding carboxylic acids is 1. The van der Waals surface area contributed by atoms with Gasteiger partial charge in [-0.15, -0.1) is 0 Å². The molecular weight excluding hydrogens is 244 g/mol. The second-order valence-corrected chi connectivity index (χ2v) is 5.31. The number of nitriles is 1. The summed E-state index contributed by atoms with van der Waals surface area (Å²) in [4.78, 5) is 12.0. The van der Waals surface area contributed by atoms with Gasteiger partial charge in [-0.25, -0.2) is 0 Å². The summed E-state index contributed by atoms with van der Waals surface area (Å²) >= 11 is 1.55. The van der Waals surface area contributed by atoms with Crippen molar-refractivity contribution < 1.29 is 4.79 Å². The Kier molecular flexibility index (Phi) is 4.54. The minimum Gasteiger partial charge on any atom is -0.349 e. The molecule has 1 aromatic rings. The molecule has 0 aromatic carbocycles. The van der Waals surface area contributed by atoms with Crippen molar-refractivity contribution in [2.45, 2.75) is 38.1 Å². The summed E-state index contributed by atoms with van der Waals surface area (Å²) in [5.41, 5.74) is 1.11. The fraction of sp³-hybridized carbons (Fsp3) is 0.429. The highest BCUT2D eigenvalue weighted by Crippen LogP contribution is 2.18. The van der Waals surface area contributed by atoms with Gasteiger partial charge in [0.25, 0.3) is 5.91 Å². The minimum atomic E-state index is -0.240. The number of thiophene rings is 1. The summed E-state index contributed by atoms with van der Waals surface area (Å²) < 4.78 is 0. The molecule has 0 bridgehead atoms. The lowest BCUT2D eigenvalue weighted by Gasteiger charge is -2.22. The highest BCUT2D eigenvalue weighted by atomic mass is 32.1. The normalized spacial score (nSPS) is 17.2. The van der Waals surface area contributed by atoms with Crippen LogP contribution in [0.25, 0.3) is 6.08 Å². The molecule has 0 saturated heterocycles. The molecule has 94 valence electrons. The van der Waals surface area contributed by atoms with Gasteiger partial charge in [0.05, 0.1) is 0 Å². The van der Waals surface area contributed by atoms with Gasteiger partial charge in [-0.3, -0.25) is 4.79 Å². The summed E-state index contributed by atoms with van der Waals surface area (Å²) in [6.45, 7) is 0. The molecule has 0 aliphatic heterocycles. The monoisotopic (exact) mass is 260 g/mol. The van der Waals surface area contributed by atoms with Crippen molar-refractivity contribution in [3.05, 3.63) is 28.0 Å². The van der Waals surface area contributed by atoms with E-state index in [4.69, 9.17) is 5.26 Å². The van der Waals surface area contributed by atoms with Gasteiger partial charge >= 0.3 is 0 Å². The molecule has 1 aliphatic rings. The van der Waals surface area contributed by atoms with Gasteiger partial charge in [-0.2, -0.15) is 16.6 Å². The third-order valence-electron chi connectivity index (χ3n) is 3.16. The van der Waals surface area contributed by atoms with Crippen LogP contribution >= 0.6 is 11.3 Å². The van der Waals surface area contributed by atoms with Crippen LogP contribution < -0.4 is 5.32 Å². The number of nitrogens with one attached hydrogen (secondary N) is 1. The van der Waals surface area contributed by atoms with E-state index in [0.717, 1.165) is 18.4 Å². The molecule has 1 fully saturated rings. The largest absolute Gasteiger partial charge is 0.349 e. The highest BCUT2D eigenvalue weighted by molar-refractivity contribution is 7.08. The van der Waals surface area contributed by atoms with Crippen LogP contribution in [0.3, 0.4) is 0 Å². The quantitative estimate of drug-likeness (QED) is 0.670. The van der Waals surface area contributed by atoms with Crippen LogP contribution in [0, 0.1) is 11.3 Å². The average Bonchev–Trinajstić information content (AvgIpc) is 2.90. The van der Waals surface area contributed by atoms with Crippen molar-refractivity contribution in [3.63, 3.8) is 0 Å². The first kappa shape index (κ1) is 12.8. The first-order chi connectivity index (χ1) is 8.79. The van der Waals surface area contributed by atoms with Gasteiger partial charge in [0.2, 0.25) is 0 Å². The van der Waals surface area contributed by atoms with Crippen molar-refractivity contribution in [3.8, 4) is 6.07 Å². The van der Waals surface area contributed by atoms with Crippen LogP contribution in [-0.2, 0) is 4.79 Å². The zero-order chi connectivity index (χ0) is 12.8. The van der Waals surface area contributed by atoms with Crippen LogP contribution in [0.15, 0.2) is 22.4 Å². The number of hydrogen-bond acceptors (Lipinski definition) is 3. The SMILES string of the molecule is N#C/C(=C\c1ccsc1)C(=O)NC1CCCCC1. The molecule has 0 radical (unpaired) electrons. The number of carbonyl (C=O) groups is 1. The van der Waals surface area contributed by atoms with E-state index < -0.39 is 0 Å². The first-order valence-corrected chi connectivity index (χ1v) is 7.19. The first-order valence-electron chi connectivity index (χ1n) is 6.24. The second-order valence-electron chi connectivity index (χ2n) is 4.53. The zero-order valence-electron chi connectivity index (χ0n) is 10.2. The van der Waals surface area contributed by atoms with E-state index in [1.807, 2.05) is 22.9 Å². The third kappa shape index (κ3) is 3.44. The minimum absolute atomic E-state index is 0.193. The Morgan fingerprint density at radius 1 is 1.44 bits per heavy atom. The molecule has 1 aliphatic carbocycles. The standard InChI is InChI=1S/C14H16N2OS/c15-9-12(8-11-6-7-18-10-11)14(17)16-13-4-2-1-3-5-13/h6-8,10,13H,1-5H2,(H,16,17)/b12-8+. The molecule has 0 unspecified atom stereocenters. The van der Waals surface area contributed by atoms with Crippen LogP contribution in [0.4, 0.5) is 0 Å². The van der Waals surface area contributed by atoms with Crippen LogP contribution in [-0.4, -0.2) is 11.9 Å². The van der Waals surface area contributed by atoms with Crippen LogP contribution in [0.1, 0.15) is 37.7 Å². The summed E-state index contributed by atoms with van der Waals surface area (Å²) in [5.74, 6) is -0.240. The second kappa shape index (κ2) is 6.36. The lowest BCUT2D eigenvalue weighted by atomic mass is 9.95. The Labute approximate surface area is 111 Å². The predicted octanol–water partition coefficient (Wildman–Crippen LogP) is 3.10. The average molecular weight is 260 g/mol. The molecule has 1 saturated carbocycles. The number of hydrogen-bond donors (Lipinski definition) is 1. The van der Waals surface area contributed by atoms with Crippen molar-refractivity contribution in [2.75, 3.05) is 0 Å². The van der Waals surface area contributed by atoms with Gasteiger partial charge in [0.1, 0.15) is 11.6 Å². The number of amides is 1. The molecule has 1 amide bonds. The molecule has 1 N–H and O–H groups in total. The van der Waals surface area contributed by atoms with E-state index >= 15 is 0 Å². The lowest BCUT2D eigenvalue weighted by molar-refractivity contribution is -0.117. The highest BCUT2D eigenvalue weighted by Gasteiger charge is 2.17. The van der Waals surface area contributed by atoms with E-state index in [-0.39, 0.29) is 17.5 Å². The maximum absolute atomic E-state index is 12.0. The number of nitrogens with zero attached hydrogens (tertiary/aromatic N) is 1. The van der Waals surface area contributed by atoms with E-state index in [2.05, 4.69) is 5.32 Å². The molecule has 0 atom stereocenters. The summed E-state index contributed by atoms with van der Waals surface area (Å²) in [6, 6.07) is 4.12. The maximum Gasteiger partial charge on any atom is 0.262 e. The van der Waals surface area contributed by atoms with E-state index in [1.54, 1.807) is 17.4 Å². The predicted molar refractivity (Wildman–Crippen MR) is 72.9 cm³/mol. The molecule has 4 heteroatoms. The summed E-state index contributed by atoms with van der Waals surface area (Å²) in [7, 11) is 0. The van der Waals surface area contributed by atoms with Crippen molar-refractivity contribution in [2.24, 2.45) is 0 Å². The molecule has 2 rings (SSSR count). The fourth-order valence-corrected chi connectivity index (χ4v) is 2.80. The van der Waals surface area contributed by atoms with E-state index in [0.29, 0.717) is 0 Å². The van der Waals surface area contributed by atoms with Gasteiger partial charge in [0, 0.05) is 6.04 Å². The Bertz CT molecular complexity index is 464. The smallest absolute Gasteiger partial charge is 0.262 e. The van der Waals surface area contributed by atoms with Crippen LogP contribution in [0.2, 0.25) is 0 Å². The third-order valence-corrected chi connectivity index (χ3v) is 3.86. The summed E-state index contributed by atoms with van der Waals surface area (Å²) in [6.07, 6.45) is 7.30.